The molecule has 7 heteroatoms. The van der Waals surface area contributed by atoms with Gasteiger partial charge in [0.25, 0.3) is 5.91 Å². The van der Waals surface area contributed by atoms with Gasteiger partial charge < -0.3 is 14.4 Å². The van der Waals surface area contributed by atoms with E-state index in [1.165, 1.54) is 11.3 Å². The molecular formula is C16H21NO5S. The van der Waals surface area contributed by atoms with Gasteiger partial charge in [-0.05, 0) is 43.7 Å². The SMILES string of the molecule is CCOC(=O)C1CCN(C(=O)COC(=O)c2sccc2C)CC1. The molecule has 0 spiro atoms. The molecule has 0 unspecified atom stereocenters. The predicted molar refractivity (Wildman–Crippen MR) is 85.3 cm³/mol. The molecule has 0 atom stereocenters. The number of likely N-dealkylation sites (tertiary alicyclic amines) is 1. The summed E-state index contributed by atoms with van der Waals surface area (Å²) < 4.78 is 10.1. The van der Waals surface area contributed by atoms with Crippen molar-refractivity contribution in [1.29, 1.82) is 0 Å². The first-order valence-corrected chi connectivity index (χ1v) is 8.56. The van der Waals surface area contributed by atoms with E-state index in [9.17, 15) is 14.4 Å². The molecule has 2 rings (SSSR count). The summed E-state index contributed by atoms with van der Waals surface area (Å²) in [6, 6.07) is 1.84. The van der Waals surface area contributed by atoms with E-state index in [-0.39, 0.29) is 24.4 Å². The van der Waals surface area contributed by atoms with E-state index in [1.807, 2.05) is 18.4 Å². The summed E-state index contributed by atoms with van der Waals surface area (Å²) >= 11 is 1.30. The number of piperidine rings is 1. The Hall–Kier alpha value is -1.89. The molecule has 0 N–H and O–H groups in total. The standard InChI is InChI=1S/C16H21NO5S/c1-3-21-15(19)12-4-7-17(8-5-12)13(18)10-22-16(20)14-11(2)6-9-23-14/h6,9,12H,3-5,7-8,10H2,1-2H3. The number of thiophene rings is 1. The summed E-state index contributed by atoms with van der Waals surface area (Å²) in [5.41, 5.74) is 0.850. The summed E-state index contributed by atoms with van der Waals surface area (Å²) in [4.78, 5) is 37.8. The number of carbonyl (C=O) groups is 3. The van der Waals surface area contributed by atoms with Crippen LogP contribution >= 0.6 is 11.3 Å². The Labute approximate surface area is 139 Å². The van der Waals surface area contributed by atoms with Crippen molar-refractivity contribution in [2.75, 3.05) is 26.3 Å². The van der Waals surface area contributed by atoms with Crippen molar-refractivity contribution in [3.8, 4) is 0 Å². The molecule has 0 saturated carbocycles. The van der Waals surface area contributed by atoms with Crippen molar-refractivity contribution in [2.24, 2.45) is 5.92 Å². The molecule has 1 fully saturated rings. The van der Waals surface area contributed by atoms with Crippen molar-refractivity contribution in [3.05, 3.63) is 21.9 Å². The van der Waals surface area contributed by atoms with E-state index >= 15 is 0 Å². The fourth-order valence-electron chi connectivity index (χ4n) is 2.49. The molecule has 1 aliphatic heterocycles. The van der Waals surface area contributed by atoms with Crippen LogP contribution in [0.15, 0.2) is 11.4 Å². The van der Waals surface area contributed by atoms with Crippen LogP contribution in [0.3, 0.4) is 0 Å². The lowest BCUT2D eigenvalue weighted by Crippen LogP contribution is -2.42. The molecule has 6 nitrogen and oxygen atoms in total. The first kappa shape index (κ1) is 17.5. The molecule has 126 valence electrons. The third-order valence-corrected chi connectivity index (χ3v) is 4.84. The minimum atomic E-state index is -0.466. The molecule has 2 heterocycles. The number of ether oxygens (including phenoxy) is 2. The van der Waals surface area contributed by atoms with E-state index in [4.69, 9.17) is 9.47 Å². The zero-order chi connectivity index (χ0) is 16.8. The number of rotatable bonds is 5. The number of nitrogens with zero attached hydrogens (tertiary/aromatic N) is 1. The summed E-state index contributed by atoms with van der Waals surface area (Å²) in [6.07, 6.45) is 1.17. The zero-order valence-electron chi connectivity index (χ0n) is 13.4. The molecular weight excluding hydrogens is 318 g/mol. The predicted octanol–water partition coefficient (Wildman–Crippen LogP) is 2.02. The summed E-state index contributed by atoms with van der Waals surface area (Å²) in [5.74, 6) is -1.03. The number of hydrogen-bond donors (Lipinski definition) is 0. The fourth-order valence-corrected chi connectivity index (χ4v) is 3.31. The summed E-state index contributed by atoms with van der Waals surface area (Å²) in [5, 5.41) is 1.81. The third-order valence-electron chi connectivity index (χ3n) is 3.84. The Kier molecular flexibility index (Phi) is 6.15. The Balaban J connectivity index is 1.76. The van der Waals surface area contributed by atoms with Crippen molar-refractivity contribution < 1.29 is 23.9 Å². The lowest BCUT2D eigenvalue weighted by molar-refractivity contribution is -0.151. The van der Waals surface area contributed by atoms with Gasteiger partial charge in [-0.15, -0.1) is 11.3 Å². The van der Waals surface area contributed by atoms with Gasteiger partial charge in [0.05, 0.1) is 12.5 Å². The molecule has 0 bridgehead atoms. The van der Waals surface area contributed by atoms with E-state index in [0.29, 0.717) is 37.4 Å². The van der Waals surface area contributed by atoms with Gasteiger partial charge in [0.15, 0.2) is 6.61 Å². The van der Waals surface area contributed by atoms with Gasteiger partial charge in [-0.2, -0.15) is 0 Å². The smallest absolute Gasteiger partial charge is 0.349 e. The molecule has 23 heavy (non-hydrogen) atoms. The lowest BCUT2D eigenvalue weighted by atomic mass is 9.97. The maximum absolute atomic E-state index is 12.1. The molecule has 1 aromatic heterocycles. The zero-order valence-corrected chi connectivity index (χ0v) is 14.2. The van der Waals surface area contributed by atoms with Crippen LogP contribution in [0.4, 0.5) is 0 Å². The number of esters is 2. The van der Waals surface area contributed by atoms with Gasteiger partial charge in [-0.25, -0.2) is 4.79 Å². The van der Waals surface area contributed by atoms with Crippen LogP contribution in [0.2, 0.25) is 0 Å². The van der Waals surface area contributed by atoms with Gasteiger partial charge in [0, 0.05) is 13.1 Å². The highest BCUT2D eigenvalue weighted by Gasteiger charge is 2.28. The monoisotopic (exact) mass is 339 g/mol. The Morgan fingerprint density at radius 2 is 1.96 bits per heavy atom. The van der Waals surface area contributed by atoms with Gasteiger partial charge in [0.1, 0.15) is 4.88 Å². The Morgan fingerprint density at radius 3 is 2.52 bits per heavy atom. The van der Waals surface area contributed by atoms with Gasteiger partial charge >= 0.3 is 11.9 Å². The Bertz CT molecular complexity index is 575. The minimum Gasteiger partial charge on any atom is -0.466 e. The van der Waals surface area contributed by atoms with Gasteiger partial charge in [-0.3, -0.25) is 9.59 Å². The van der Waals surface area contributed by atoms with E-state index < -0.39 is 5.97 Å². The first-order chi connectivity index (χ1) is 11.0. The lowest BCUT2D eigenvalue weighted by Gasteiger charge is -2.30. The quantitative estimate of drug-likeness (QED) is 0.767. The van der Waals surface area contributed by atoms with Crippen LogP contribution in [0.25, 0.3) is 0 Å². The van der Waals surface area contributed by atoms with E-state index in [2.05, 4.69) is 0 Å². The van der Waals surface area contributed by atoms with Crippen LogP contribution in [0.1, 0.15) is 35.0 Å². The Morgan fingerprint density at radius 1 is 1.26 bits per heavy atom. The normalized spacial score (nSPS) is 15.3. The number of hydrogen-bond acceptors (Lipinski definition) is 6. The van der Waals surface area contributed by atoms with E-state index in [0.717, 1.165) is 5.56 Å². The van der Waals surface area contributed by atoms with E-state index in [1.54, 1.807) is 11.8 Å². The highest BCUT2D eigenvalue weighted by atomic mass is 32.1. The van der Waals surface area contributed by atoms with Crippen molar-refractivity contribution in [3.63, 3.8) is 0 Å². The number of amides is 1. The highest BCUT2D eigenvalue weighted by molar-refractivity contribution is 7.12. The molecule has 1 saturated heterocycles. The molecule has 0 aromatic carbocycles. The first-order valence-electron chi connectivity index (χ1n) is 7.68. The summed E-state index contributed by atoms with van der Waals surface area (Å²) in [6.45, 7) is 4.68. The molecule has 1 aromatic rings. The number of carbonyl (C=O) groups excluding carboxylic acids is 3. The van der Waals surface area contributed by atoms with Crippen molar-refractivity contribution >= 4 is 29.2 Å². The molecule has 0 aliphatic carbocycles. The minimum absolute atomic E-state index is 0.143. The van der Waals surface area contributed by atoms with Crippen LogP contribution in [-0.2, 0) is 19.1 Å². The van der Waals surface area contributed by atoms with Crippen molar-refractivity contribution in [1.82, 2.24) is 4.90 Å². The topological polar surface area (TPSA) is 72.9 Å². The second-order valence-electron chi connectivity index (χ2n) is 5.42. The molecule has 1 amide bonds. The largest absolute Gasteiger partial charge is 0.466 e. The summed E-state index contributed by atoms with van der Waals surface area (Å²) in [7, 11) is 0. The van der Waals surface area contributed by atoms with Crippen LogP contribution in [0.5, 0.6) is 0 Å². The number of aryl methyl sites for hydroxylation is 1. The maximum Gasteiger partial charge on any atom is 0.349 e. The second-order valence-corrected chi connectivity index (χ2v) is 6.33. The average Bonchev–Trinajstić information content (AvgIpc) is 2.99. The highest BCUT2D eigenvalue weighted by Crippen LogP contribution is 2.19. The van der Waals surface area contributed by atoms with Crippen molar-refractivity contribution in [2.45, 2.75) is 26.7 Å². The molecule has 0 radical (unpaired) electrons. The second kappa shape index (κ2) is 8.10. The van der Waals surface area contributed by atoms with Crippen LogP contribution in [-0.4, -0.2) is 49.0 Å². The third kappa shape index (κ3) is 4.54. The maximum atomic E-state index is 12.1. The fraction of sp³-hybridized carbons (Fsp3) is 0.562. The van der Waals surface area contributed by atoms with Crippen LogP contribution in [0, 0.1) is 12.8 Å². The van der Waals surface area contributed by atoms with Gasteiger partial charge in [0.2, 0.25) is 0 Å². The average molecular weight is 339 g/mol. The van der Waals surface area contributed by atoms with Gasteiger partial charge in [-0.1, -0.05) is 0 Å². The molecule has 1 aliphatic rings. The van der Waals surface area contributed by atoms with Crippen LogP contribution < -0.4 is 0 Å².